The fraction of sp³-hybridized carbons (Fsp3) is 0.214. The molecule has 94 valence electrons. The second kappa shape index (κ2) is 6.38. The predicted octanol–water partition coefficient (Wildman–Crippen LogP) is 3.03. The van der Waals surface area contributed by atoms with Crippen molar-refractivity contribution >= 4 is 11.6 Å². The first-order chi connectivity index (χ1) is 8.78. The number of nitrogens with one attached hydrogen (secondary N) is 1. The second-order valence-electron chi connectivity index (χ2n) is 3.93. The van der Waals surface area contributed by atoms with E-state index >= 15 is 0 Å². The molecule has 0 bridgehead atoms. The average Bonchev–Trinajstić information content (AvgIpc) is 2.38. The van der Waals surface area contributed by atoms with Crippen molar-refractivity contribution in [1.82, 2.24) is 10.3 Å². The number of pyridine rings is 1. The van der Waals surface area contributed by atoms with Crippen LogP contribution in [0.25, 0.3) is 0 Å². The van der Waals surface area contributed by atoms with Gasteiger partial charge in [-0.3, -0.25) is 4.98 Å². The third-order valence-electron chi connectivity index (χ3n) is 2.47. The van der Waals surface area contributed by atoms with Crippen molar-refractivity contribution in [2.45, 2.75) is 13.2 Å². The Morgan fingerprint density at radius 1 is 1.22 bits per heavy atom. The van der Waals surface area contributed by atoms with Gasteiger partial charge < -0.3 is 10.1 Å². The molecule has 2 aromatic rings. The molecule has 0 spiro atoms. The minimum absolute atomic E-state index is 0.423. The van der Waals surface area contributed by atoms with Gasteiger partial charge in [-0.1, -0.05) is 23.7 Å². The average molecular weight is 263 g/mol. The first kappa shape index (κ1) is 12.9. The second-order valence-corrected chi connectivity index (χ2v) is 4.36. The standard InChI is InChI=1S/C14H15ClN2O/c1-16-9-11-2-4-14(5-3-11)18-10-13-8-12(15)6-7-17-13/h2-8,16H,9-10H2,1H3. The number of nitrogens with zero attached hydrogens (tertiary/aromatic N) is 1. The Morgan fingerprint density at radius 3 is 2.67 bits per heavy atom. The summed E-state index contributed by atoms with van der Waals surface area (Å²) in [4.78, 5) is 4.18. The van der Waals surface area contributed by atoms with E-state index in [9.17, 15) is 0 Å². The van der Waals surface area contributed by atoms with Gasteiger partial charge in [0.2, 0.25) is 0 Å². The highest BCUT2D eigenvalue weighted by Crippen LogP contribution is 2.15. The summed E-state index contributed by atoms with van der Waals surface area (Å²) in [7, 11) is 1.93. The molecule has 0 radical (unpaired) electrons. The molecule has 0 fully saturated rings. The predicted molar refractivity (Wildman–Crippen MR) is 72.8 cm³/mol. The van der Waals surface area contributed by atoms with E-state index in [1.165, 1.54) is 5.56 Å². The summed E-state index contributed by atoms with van der Waals surface area (Å²) in [6.07, 6.45) is 1.68. The van der Waals surface area contributed by atoms with Crippen molar-refractivity contribution in [2.24, 2.45) is 0 Å². The van der Waals surface area contributed by atoms with Gasteiger partial charge >= 0.3 is 0 Å². The van der Waals surface area contributed by atoms with Gasteiger partial charge in [-0.05, 0) is 36.9 Å². The summed E-state index contributed by atoms with van der Waals surface area (Å²) < 4.78 is 5.64. The maximum atomic E-state index is 5.88. The van der Waals surface area contributed by atoms with E-state index < -0.39 is 0 Å². The number of aromatic nitrogens is 1. The van der Waals surface area contributed by atoms with Crippen LogP contribution in [0.15, 0.2) is 42.6 Å². The molecular formula is C14H15ClN2O. The van der Waals surface area contributed by atoms with Gasteiger partial charge in [-0.2, -0.15) is 0 Å². The van der Waals surface area contributed by atoms with Crippen LogP contribution < -0.4 is 10.1 Å². The van der Waals surface area contributed by atoms with E-state index in [0.717, 1.165) is 18.0 Å². The van der Waals surface area contributed by atoms with Crippen LogP contribution in [0, 0.1) is 0 Å². The van der Waals surface area contributed by atoms with E-state index in [2.05, 4.69) is 10.3 Å². The Kier molecular flexibility index (Phi) is 4.56. The molecule has 0 aliphatic rings. The molecular weight excluding hydrogens is 248 g/mol. The number of halogens is 1. The highest BCUT2D eigenvalue weighted by Gasteiger charge is 1.98. The molecule has 0 aliphatic heterocycles. The van der Waals surface area contributed by atoms with Gasteiger partial charge in [0.05, 0.1) is 5.69 Å². The van der Waals surface area contributed by atoms with Gasteiger partial charge in [0.25, 0.3) is 0 Å². The van der Waals surface area contributed by atoms with Crippen molar-refractivity contribution in [1.29, 1.82) is 0 Å². The van der Waals surface area contributed by atoms with E-state index in [-0.39, 0.29) is 0 Å². The molecule has 3 nitrogen and oxygen atoms in total. The molecule has 2 rings (SSSR count). The van der Waals surface area contributed by atoms with Crippen molar-refractivity contribution in [3.8, 4) is 5.75 Å². The highest BCUT2D eigenvalue weighted by molar-refractivity contribution is 6.30. The lowest BCUT2D eigenvalue weighted by Gasteiger charge is -2.07. The zero-order chi connectivity index (χ0) is 12.8. The van der Waals surface area contributed by atoms with Crippen LogP contribution in [0.3, 0.4) is 0 Å². The van der Waals surface area contributed by atoms with Crippen molar-refractivity contribution < 1.29 is 4.74 Å². The molecule has 0 saturated heterocycles. The Bertz CT molecular complexity index is 499. The molecule has 0 atom stereocenters. The summed E-state index contributed by atoms with van der Waals surface area (Å²) in [5.74, 6) is 0.830. The van der Waals surface area contributed by atoms with Gasteiger partial charge in [0.15, 0.2) is 0 Å². The maximum Gasteiger partial charge on any atom is 0.130 e. The fourth-order valence-electron chi connectivity index (χ4n) is 1.59. The van der Waals surface area contributed by atoms with Gasteiger partial charge in [-0.25, -0.2) is 0 Å². The lowest BCUT2D eigenvalue weighted by Crippen LogP contribution is -2.04. The number of benzene rings is 1. The number of rotatable bonds is 5. The molecule has 0 aliphatic carbocycles. The maximum absolute atomic E-state index is 5.88. The van der Waals surface area contributed by atoms with E-state index in [1.807, 2.05) is 31.3 Å². The van der Waals surface area contributed by atoms with Crippen molar-refractivity contribution in [2.75, 3.05) is 7.05 Å². The van der Waals surface area contributed by atoms with Crippen LogP contribution in [0.1, 0.15) is 11.3 Å². The smallest absolute Gasteiger partial charge is 0.130 e. The SMILES string of the molecule is CNCc1ccc(OCc2cc(Cl)ccn2)cc1. The number of hydrogen-bond donors (Lipinski definition) is 1. The molecule has 18 heavy (non-hydrogen) atoms. The first-order valence-electron chi connectivity index (χ1n) is 5.74. The number of ether oxygens (including phenoxy) is 1. The van der Waals surface area contributed by atoms with Crippen molar-refractivity contribution in [3.05, 3.63) is 58.9 Å². The minimum Gasteiger partial charge on any atom is -0.487 e. The normalized spacial score (nSPS) is 10.3. The van der Waals surface area contributed by atoms with Crippen molar-refractivity contribution in [3.63, 3.8) is 0 Å². The molecule has 1 aromatic carbocycles. The van der Waals surface area contributed by atoms with Crippen LogP contribution in [-0.4, -0.2) is 12.0 Å². The summed E-state index contributed by atoms with van der Waals surface area (Å²) in [5.41, 5.74) is 2.05. The molecule has 0 amide bonds. The first-order valence-corrected chi connectivity index (χ1v) is 6.12. The largest absolute Gasteiger partial charge is 0.487 e. The van der Waals surface area contributed by atoms with Gasteiger partial charge in [0, 0.05) is 17.8 Å². The van der Waals surface area contributed by atoms with E-state index in [1.54, 1.807) is 18.3 Å². The van der Waals surface area contributed by atoms with Crippen LogP contribution in [0.5, 0.6) is 5.75 Å². The summed E-state index contributed by atoms with van der Waals surface area (Å²) >= 11 is 5.88. The zero-order valence-electron chi connectivity index (χ0n) is 10.2. The molecule has 0 saturated carbocycles. The molecule has 1 heterocycles. The molecule has 1 aromatic heterocycles. The monoisotopic (exact) mass is 262 g/mol. The minimum atomic E-state index is 0.423. The Morgan fingerprint density at radius 2 is 2.00 bits per heavy atom. The van der Waals surface area contributed by atoms with Crippen LogP contribution in [0.4, 0.5) is 0 Å². The third kappa shape index (κ3) is 3.72. The summed E-state index contributed by atoms with van der Waals surface area (Å²) in [6.45, 7) is 1.28. The lowest BCUT2D eigenvalue weighted by molar-refractivity contribution is 0.301. The Labute approximate surface area is 112 Å². The van der Waals surface area contributed by atoms with E-state index in [0.29, 0.717) is 11.6 Å². The van der Waals surface area contributed by atoms with E-state index in [4.69, 9.17) is 16.3 Å². The molecule has 1 N–H and O–H groups in total. The van der Waals surface area contributed by atoms with Crippen LogP contribution in [-0.2, 0) is 13.2 Å². The van der Waals surface area contributed by atoms with Crippen LogP contribution >= 0.6 is 11.6 Å². The number of hydrogen-bond acceptors (Lipinski definition) is 3. The van der Waals surface area contributed by atoms with Crippen LogP contribution in [0.2, 0.25) is 5.02 Å². The van der Waals surface area contributed by atoms with Gasteiger partial charge in [-0.15, -0.1) is 0 Å². The summed E-state index contributed by atoms with van der Waals surface area (Å²) in [6, 6.07) is 11.5. The quantitative estimate of drug-likeness (QED) is 0.899. The topological polar surface area (TPSA) is 34.1 Å². The molecule has 0 unspecified atom stereocenters. The fourth-order valence-corrected chi connectivity index (χ4v) is 1.77. The third-order valence-corrected chi connectivity index (χ3v) is 2.70. The van der Waals surface area contributed by atoms with Gasteiger partial charge in [0.1, 0.15) is 12.4 Å². The summed E-state index contributed by atoms with van der Waals surface area (Å²) in [5, 5.41) is 3.78. The lowest BCUT2D eigenvalue weighted by atomic mass is 10.2. The Balaban J connectivity index is 1.93. The molecule has 4 heteroatoms. The zero-order valence-corrected chi connectivity index (χ0v) is 10.9. The Hall–Kier alpha value is -1.58. The highest BCUT2D eigenvalue weighted by atomic mass is 35.5.